The van der Waals surface area contributed by atoms with Crippen molar-refractivity contribution in [2.75, 3.05) is 6.54 Å². The number of nitrogens with two attached hydrogens (primary N) is 1. The molecule has 0 fully saturated rings. The van der Waals surface area contributed by atoms with Crippen LogP contribution in [-0.4, -0.2) is 35.6 Å². The third-order valence-corrected chi connectivity index (χ3v) is 5.46. The molecule has 2 heterocycles. The van der Waals surface area contributed by atoms with Crippen LogP contribution in [0.5, 0.6) is 0 Å². The summed E-state index contributed by atoms with van der Waals surface area (Å²) < 4.78 is 24.2. The molecule has 0 unspecified atom stereocenters. The van der Waals surface area contributed by atoms with Crippen LogP contribution in [0.3, 0.4) is 0 Å². The second-order valence-electron chi connectivity index (χ2n) is 6.53. The summed E-state index contributed by atoms with van der Waals surface area (Å²) in [4.78, 5) is 16.9. The van der Waals surface area contributed by atoms with Gasteiger partial charge in [0.25, 0.3) is 5.91 Å². The number of aryl methyl sites for hydroxylation is 2. The van der Waals surface area contributed by atoms with Gasteiger partial charge in [-0.05, 0) is 56.2 Å². The van der Waals surface area contributed by atoms with E-state index < -0.39 is 15.9 Å². The molecule has 0 aliphatic rings. The van der Waals surface area contributed by atoms with Crippen LogP contribution in [0.15, 0.2) is 47.4 Å². The van der Waals surface area contributed by atoms with Crippen molar-refractivity contribution in [3.05, 3.63) is 70.1 Å². The van der Waals surface area contributed by atoms with Crippen molar-refractivity contribution in [1.82, 2.24) is 20.1 Å². The Morgan fingerprint density at radius 2 is 1.86 bits per heavy atom. The number of aromatic nitrogens is 3. The van der Waals surface area contributed by atoms with Gasteiger partial charge in [0, 0.05) is 12.2 Å². The van der Waals surface area contributed by atoms with Gasteiger partial charge in [0.15, 0.2) is 5.82 Å². The van der Waals surface area contributed by atoms with E-state index >= 15 is 0 Å². The lowest BCUT2D eigenvalue weighted by atomic mass is 10.1. The van der Waals surface area contributed by atoms with Crippen LogP contribution in [0.1, 0.15) is 27.4 Å². The first-order valence-electron chi connectivity index (χ1n) is 8.75. The predicted molar refractivity (Wildman–Crippen MR) is 110 cm³/mol. The molecule has 0 bridgehead atoms. The third kappa shape index (κ3) is 5.00. The monoisotopic (exact) mass is 433 g/mol. The number of rotatable bonds is 6. The minimum Gasteiger partial charge on any atom is -0.350 e. The molecule has 0 atom stereocenters. The SMILES string of the molecule is Cc1cc(C)n(-c2ccc(Cl)c(C(=O)NCCc3ccc(S(N)(=O)=O)cc3)n2)n1. The smallest absolute Gasteiger partial charge is 0.271 e. The number of carbonyl (C=O) groups is 1. The number of nitrogens with zero attached hydrogens (tertiary/aromatic N) is 3. The highest BCUT2D eigenvalue weighted by Crippen LogP contribution is 2.18. The largest absolute Gasteiger partial charge is 0.350 e. The summed E-state index contributed by atoms with van der Waals surface area (Å²) in [7, 11) is -3.72. The van der Waals surface area contributed by atoms with E-state index in [9.17, 15) is 13.2 Å². The number of primary sulfonamides is 1. The van der Waals surface area contributed by atoms with Gasteiger partial charge in [0.05, 0.1) is 15.6 Å². The Morgan fingerprint density at radius 1 is 1.17 bits per heavy atom. The zero-order valence-electron chi connectivity index (χ0n) is 15.9. The number of nitrogens with one attached hydrogen (secondary N) is 1. The number of benzene rings is 1. The van der Waals surface area contributed by atoms with Crippen LogP contribution in [-0.2, 0) is 16.4 Å². The van der Waals surface area contributed by atoms with Crippen LogP contribution in [0.4, 0.5) is 0 Å². The molecule has 29 heavy (non-hydrogen) atoms. The normalized spacial score (nSPS) is 11.4. The predicted octanol–water partition coefficient (Wildman–Crippen LogP) is 2.16. The van der Waals surface area contributed by atoms with E-state index in [2.05, 4.69) is 15.4 Å². The van der Waals surface area contributed by atoms with Gasteiger partial charge in [-0.15, -0.1) is 0 Å². The molecule has 8 nitrogen and oxygen atoms in total. The number of hydrogen-bond acceptors (Lipinski definition) is 5. The van der Waals surface area contributed by atoms with E-state index in [4.69, 9.17) is 16.7 Å². The molecule has 152 valence electrons. The van der Waals surface area contributed by atoms with E-state index in [0.717, 1.165) is 17.0 Å². The molecule has 1 amide bonds. The Bertz CT molecular complexity index is 1160. The molecular formula is C19H20ClN5O3S. The Kier molecular flexibility index (Phi) is 6.02. The molecule has 0 aliphatic carbocycles. The third-order valence-electron chi connectivity index (χ3n) is 4.22. The minimum absolute atomic E-state index is 0.0437. The Morgan fingerprint density at radius 3 is 2.45 bits per heavy atom. The van der Waals surface area contributed by atoms with Crippen molar-refractivity contribution in [2.24, 2.45) is 5.14 Å². The number of amides is 1. The Labute approximate surface area is 173 Å². The van der Waals surface area contributed by atoms with Crippen molar-refractivity contribution >= 4 is 27.5 Å². The first-order valence-corrected chi connectivity index (χ1v) is 10.7. The Hall–Kier alpha value is -2.75. The quantitative estimate of drug-likeness (QED) is 0.617. The van der Waals surface area contributed by atoms with Crippen molar-refractivity contribution in [3.8, 4) is 5.82 Å². The second kappa shape index (κ2) is 8.32. The van der Waals surface area contributed by atoms with Gasteiger partial charge in [-0.3, -0.25) is 4.79 Å². The number of sulfonamides is 1. The molecule has 0 radical (unpaired) electrons. The summed E-state index contributed by atoms with van der Waals surface area (Å²) in [6, 6.07) is 11.4. The van der Waals surface area contributed by atoms with Gasteiger partial charge in [-0.1, -0.05) is 23.7 Å². The molecule has 3 aromatic rings. The molecule has 2 aromatic heterocycles. The highest BCUT2D eigenvalue weighted by Gasteiger charge is 2.15. The number of halogens is 1. The molecule has 10 heteroatoms. The average Bonchev–Trinajstić information content (AvgIpc) is 3.00. The summed E-state index contributed by atoms with van der Waals surface area (Å²) in [5, 5.41) is 12.5. The van der Waals surface area contributed by atoms with Gasteiger partial charge in [0.1, 0.15) is 5.69 Å². The fourth-order valence-corrected chi connectivity index (χ4v) is 3.53. The molecule has 0 aliphatic heterocycles. The van der Waals surface area contributed by atoms with Crippen molar-refractivity contribution < 1.29 is 13.2 Å². The maximum absolute atomic E-state index is 12.5. The van der Waals surface area contributed by atoms with Crippen LogP contribution >= 0.6 is 11.6 Å². The number of pyridine rings is 1. The minimum atomic E-state index is -3.72. The van der Waals surface area contributed by atoms with Gasteiger partial charge < -0.3 is 5.32 Å². The molecule has 0 saturated heterocycles. The van der Waals surface area contributed by atoms with Crippen LogP contribution in [0.2, 0.25) is 5.02 Å². The average molecular weight is 434 g/mol. The first-order chi connectivity index (χ1) is 13.6. The summed E-state index contributed by atoms with van der Waals surface area (Å²) in [5.74, 6) is 0.100. The highest BCUT2D eigenvalue weighted by molar-refractivity contribution is 7.89. The van der Waals surface area contributed by atoms with E-state index in [0.29, 0.717) is 18.8 Å². The molecule has 3 N–H and O–H groups in total. The van der Waals surface area contributed by atoms with Gasteiger partial charge in [0.2, 0.25) is 10.0 Å². The van der Waals surface area contributed by atoms with E-state index in [1.165, 1.54) is 12.1 Å². The molecule has 0 saturated carbocycles. The standard InChI is InChI=1S/C19H20ClN5O3S/c1-12-11-13(2)25(24-12)17-8-7-16(20)18(23-17)19(26)22-10-9-14-3-5-15(6-4-14)29(21,27)28/h3-8,11H,9-10H2,1-2H3,(H,22,26)(H2,21,27,28). The van der Waals surface area contributed by atoms with Crippen molar-refractivity contribution in [3.63, 3.8) is 0 Å². The second-order valence-corrected chi connectivity index (χ2v) is 8.50. The van der Waals surface area contributed by atoms with Crippen molar-refractivity contribution in [1.29, 1.82) is 0 Å². The lowest BCUT2D eigenvalue weighted by Gasteiger charge is -2.09. The van der Waals surface area contributed by atoms with Crippen LogP contribution < -0.4 is 10.5 Å². The van der Waals surface area contributed by atoms with Gasteiger partial charge in [-0.2, -0.15) is 5.10 Å². The zero-order chi connectivity index (χ0) is 21.2. The molecule has 0 spiro atoms. The van der Waals surface area contributed by atoms with Gasteiger partial charge >= 0.3 is 0 Å². The van der Waals surface area contributed by atoms with E-state index in [-0.39, 0.29) is 15.6 Å². The first kappa shape index (κ1) is 21.0. The maximum atomic E-state index is 12.5. The lowest BCUT2D eigenvalue weighted by Crippen LogP contribution is -2.27. The topological polar surface area (TPSA) is 120 Å². The van der Waals surface area contributed by atoms with Gasteiger partial charge in [-0.25, -0.2) is 23.2 Å². The summed E-state index contributed by atoms with van der Waals surface area (Å²) >= 11 is 6.16. The fraction of sp³-hybridized carbons (Fsp3) is 0.211. The van der Waals surface area contributed by atoms with Crippen LogP contribution in [0.25, 0.3) is 5.82 Å². The van der Waals surface area contributed by atoms with E-state index in [1.54, 1.807) is 28.9 Å². The van der Waals surface area contributed by atoms with Crippen LogP contribution in [0, 0.1) is 13.8 Å². The molecule has 3 rings (SSSR count). The summed E-state index contributed by atoms with van der Waals surface area (Å²) in [6.45, 7) is 4.11. The number of hydrogen-bond donors (Lipinski definition) is 2. The van der Waals surface area contributed by atoms with Crippen molar-refractivity contribution in [2.45, 2.75) is 25.2 Å². The summed E-state index contributed by atoms with van der Waals surface area (Å²) in [5.41, 5.74) is 2.71. The zero-order valence-corrected chi connectivity index (χ0v) is 17.5. The summed E-state index contributed by atoms with van der Waals surface area (Å²) in [6.07, 6.45) is 0.505. The lowest BCUT2D eigenvalue weighted by molar-refractivity contribution is 0.0949. The molecule has 1 aromatic carbocycles. The fourth-order valence-electron chi connectivity index (χ4n) is 2.82. The molecular weight excluding hydrogens is 414 g/mol. The highest BCUT2D eigenvalue weighted by atomic mass is 35.5. The van der Waals surface area contributed by atoms with E-state index in [1.807, 2.05) is 19.9 Å². The maximum Gasteiger partial charge on any atom is 0.271 e. The number of carbonyl (C=O) groups excluding carboxylic acids is 1. The Balaban J connectivity index is 1.68.